The van der Waals surface area contributed by atoms with Crippen LogP contribution in [0.3, 0.4) is 0 Å². The molecule has 15 nitrogen and oxygen atoms in total. The fraction of sp³-hybridized carbons (Fsp3) is 0.686. The van der Waals surface area contributed by atoms with Crippen LogP contribution in [0.2, 0.25) is 0 Å². The molecule has 1 saturated heterocycles. The molecule has 2 rings (SSSR count). The van der Waals surface area contributed by atoms with Crippen molar-refractivity contribution in [3.63, 3.8) is 0 Å². The average molecular weight is 713 g/mol. The predicted molar refractivity (Wildman–Crippen MR) is 175 cm³/mol. The molecule has 0 aromatic heterocycles. The largest absolute Gasteiger partial charge is 0.508 e. The number of epoxide rings is 1. The number of phenols is 1. The summed E-state index contributed by atoms with van der Waals surface area (Å²) < 4.78 is 36.6. The maximum atomic E-state index is 13.6. The fourth-order valence-corrected chi connectivity index (χ4v) is 5.92. The van der Waals surface area contributed by atoms with Crippen molar-refractivity contribution in [2.24, 2.45) is 21.7 Å². The molecule has 5 atom stereocenters. The molecular formula is C35H52O15. The van der Waals surface area contributed by atoms with Gasteiger partial charge in [-0.05, 0) is 84.6 Å². The number of aliphatic hydroxyl groups excluding tert-OH is 2. The highest BCUT2D eigenvalue weighted by Crippen LogP contribution is 2.49. The summed E-state index contributed by atoms with van der Waals surface area (Å²) in [6.07, 6.45) is -1.86. The van der Waals surface area contributed by atoms with E-state index < -0.39 is 84.0 Å². The number of aromatic hydroxyl groups is 1. The number of carbonyl (C=O) groups is 5. The molecule has 3 N–H and O–H groups in total. The lowest BCUT2D eigenvalue weighted by molar-refractivity contribution is -0.172. The lowest BCUT2D eigenvalue weighted by Crippen LogP contribution is -2.47. The number of aliphatic hydroxyl groups is 2. The van der Waals surface area contributed by atoms with Crippen LogP contribution in [0.4, 0.5) is 0 Å². The standard InChI is InChI=1S/C35H52O15/c1-8-33(4,30(42)49-16-24(38)15-48-27(39)19-47-25-11-9-23(37)10-12-25)21-35(6,31(43)45-14-13-36)22-34(5,29(41)44-7)20-32(2,3)28(40)50-18-26-17-46-26/h9-12,24,26,36-38H,8,13-22H2,1-7H3. The number of ether oxygens (including phenoxy) is 7. The van der Waals surface area contributed by atoms with Gasteiger partial charge in [0, 0.05) is 0 Å². The summed E-state index contributed by atoms with van der Waals surface area (Å²) in [5, 5.41) is 29.0. The molecule has 1 fully saturated rings. The Morgan fingerprint density at radius 1 is 0.820 bits per heavy atom. The summed E-state index contributed by atoms with van der Waals surface area (Å²) in [5.41, 5.74) is -5.55. The van der Waals surface area contributed by atoms with E-state index in [1.165, 1.54) is 38.3 Å². The molecule has 1 heterocycles. The van der Waals surface area contributed by atoms with E-state index in [1.54, 1.807) is 34.6 Å². The third-order valence-corrected chi connectivity index (χ3v) is 8.55. The first-order chi connectivity index (χ1) is 23.3. The van der Waals surface area contributed by atoms with Gasteiger partial charge < -0.3 is 48.5 Å². The van der Waals surface area contributed by atoms with E-state index in [2.05, 4.69) is 0 Å². The molecule has 50 heavy (non-hydrogen) atoms. The van der Waals surface area contributed by atoms with Crippen LogP contribution >= 0.6 is 0 Å². The van der Waals surface area contributed by atoms with Crippen molar-refractivity contribution >= 4 is 29.8 Å². The molecule has 0 radical (unpaired) electrons. The van der Waals surface area contributed by atoms with Gasteiger partial charge in [-0.1, -0.05) is 6.92 Å². The highest BCUT2D eigenvalue weighted by Gasteiger charge is 2.53. The van der Waals surface area contributed by atoms with Gasteiger partial charge in [0.1, 0.15) is 50.1 Å². The van der Waals surface area contributed by atoms with Gasteiger partial charge in [0.25, 0.3) is 0 Å². The highest BCUT2D eigenvalue weighted by atomic mass is 16.6. The Morgan fingerprint density at radius 3 is 1.94 bits per heavy atom. The van der Waals surface area contributed by atoms with Crippen molar-refractivity contribution in [1.82, 2.24) is 0 Å². The van der Waals surface area contributed by atoms with Crippen molar-refractivity contribution in [3.05, 3.63) is 24.3 Å². The Kier molecular flexibility index (Phi) is 15.5. The Bertz CT molecular complexity index is 1310. The van der Waals surface area contributed by atoms with Crippen LogP contribution in [0.25, 0.3) is 0 Å². The minimum atomic E-state index is -1.55. The van der Waals surface area contributed by atoms with E-state index in [1.807, 2.05) is 0 Å². The maximum absolute atomic E-state index is 13.6. The molecular weight excluding hydrogens is 660 g/mol. The molecule has 15 heteroatoms. The topological polar surface area (TPSA) is 214 Å². The number of methoxy groups -OCH3 is 1. The zero-order chi connectivity index (χ0) is 37.8. The molecule has 1 aliphatic heterocycles. The molecule has 1 aromatic rings. The Hall–Kier alpha value is -3.95. The summed E-state index contributed by atoms with van der Waals surface area (Å²) in [4.78, 5) is 65.6. The highest BCUT2D eigenvalue weighted by molar-refractivity contribution is 5.84. The molecule has 0 spiro atoms. The smallest absolute Gasteiger partial charge is 0.344 e. The second-order valence-electron chi connectivity index (χ2n) is 14.1. The van der Waals surface area contributed by atoms with Crippen molar-refractivity contribution in [2.75, 3.05) is 53.4 Å². The number of carbonyl (C=O) groups excluding carboxylic acids is 5. The Balaban J connectivity index is 2.15. The second-order valence-corrected chi connectivity index (χ2v) is 14.1. The van der Waals surface area contributed by atoms with E-state index in [4.69, 9.17) is 33.2 Å². The van der Waals surface area contributed by atoms with Gasteiger partial charge in [0.05, 0.1) is 42.0 Å². The number of phenolic OH excluding ortho intramolecular Hbond substituents is 1. The Labute approximate surface area is 292 Å². The third kappa shape index (κ3) is 12.7. The monoisotopic (exact) mass is 712 g/mol. The number of hydrogen-bond acceptors (Lipinski definition) is 15. The molecule has 1 aliphatic rings. The quantitative estimate of drug-likeness (QED) is 0.0895. The molecule has 0 saturated carbocycles. The van der Waals surface area contributed by atoms with Gasteiger partial charge in [-0.2, -0.15) is 0 Å². The number of hydrogen-bond donors (Lipinski definition) is 3. The van der Waals surface area contributed by atoms with Crippen LogP contribution in [-0.2, 0) is 52.4 Å². The van der Waals surface area contributed by atoms with Gasteiger partial charge >= 0.3 is 29.8 Å². The van der Waals surface area contributed by atoms with Crippen LogP contribution in [0, 0.1) is 21.7 Å². The third-order valence-electron chi connectivity index (χ3n) is 8.55. The summed E-state index contributed by atoms with van der Waals surface area (Å²) >= 11 is 0. The molecule has 0 bridgehead atoms. The van der Waals surface area contributed by atoms with E-state index in [-0.39, 0.29) is 50.8 Å². The van der Waals surface area contributed by atoms with Crippen LogP contribution in [0.1, 0.15) is 67.2 Å². The predicted octanol–water partition coefficient (Wildman–Crippen LogP) is 2.49. The number of esters is 5. The molecule has 0 aliphatic carbocycles. The van der Waals surface area contributed by atoms with E-state index in [0.717, 1.165) is 0 Å². The normalized spacial score (nSPS) is 18.2. The van der Waals surface area contributed by atoms with Crippen molar-refractivity contribution in [2.45, 2.75) is 79.4 Å². The summed E-state index contributed by atoms with van der Waals surface area (Å²) in [5.74, 6) is -3.27. The van der Waals surface area contributed by atoms with Crippen molar-refractivity contribution < 1.29 is 72.5 Å². The first-order valence-electron chi connectivity index (χ1n) is 16.4. The SMILES string of the molecule is CCC(C)(CC(C)(CC(C)(CC(C)(C)C(=O)OCC1CO1)C(=O)OC)C(=O)OCCO)C(=O)OCC(O)COC(=O)COc1ccc(O)cc1. The lowest BCUT2D eigenvalue weighted by Gasteiger charge is -2.42. The van der Waals surface area contributed by atoms with Gasteiger partial charge in [0.2, 0.25) is 0 Å². The first kappa shape index (κ1) is 42.2. The zero-order valence-electron chi connectivity index (χ0n) is 30.0. The second kappa shape index (κ2) is 18.3. The van der Waals surface area contributed by atoms with Gasteiger partial charge in [-0.3, -0.25) is 19.2 Å². The van der Waals surface area contributed by atoms with Gasteiger partial charge in [-0.15, -0.1) is 0 Å². The van der Waals surface area contributed by atoms with Gasteiger partial charge in [-0.25, -0.2) is 4.79 Å². The van der Waals surface area contributed by atoms with Crippen LogP contribution < -0.4 is 4.74 Å². The van der Waals surface area contributed by atoms with Gasteiger partial charge in [0.15, 0.2) is 6.61 Å². The van der Waals surface area contributed by atoms with E-state index in [9.17, 15) is 39.3 Å². The van der Waals surface area contributed by atoms with E-state index in [0.29, 0.717) is 12.4 Å². The minimum absolute atomic E-state index is 0.0288. The van der Waals surface area contributed by atoms with E-state index >= 15 is 0 Å². The summed E-state index contributed by atoms with van der Waals surface area (Å²) in [7, 11) is 1.19. The number of rotatable bonds is 22. The van der Waals surface area contributed by atoms with Crippen LogP contribution in [0.15, 0.2) is 24.3 Å². The molecule has 0 amide bonds. The molecule has 1 aromatic carbocycles. The first-order valence-corrected chi connectivity index (χ1v) is 16.4. The fourth-order valence-electron chi connectivity index (χ4n) is 5.92. The molecule has 282 valence electrons. The summed E-state index contributed by atoms with van der Waals surface area (Å²) in [6.45, 7) is 7.87. The van der Waals surface area contributed by atoms with Crippen LogP contribution in [0.5, 0.6) is 11.5 Å². The average Bonchev–Trinajstić information content (AvgIpc) is 3.90. The maximum Gasteiger partial charge on any atom is 0.344 e. The zero-order valence-corrected chi connectivity index (χ0v) is 30.0. The lowest BCUT2D eigenvalue weighted by atomic mass is 9.61. The van der Waals surface area contributed by atoms with Crippen LogP contribution in [-0.4, -0.2) is 111 Å². The number of benzene rings is 1. The Morgan fingerprint density at radius 2 is 1.38 bits per heavy atom. The summed E-state index contributed by atoms with van der Waals surface area (Å²) in [6, 6.07) is 5.68. The molecule has 5 unspecified atom stereocenters. The van der Waals surface area contributed by atoms with Crippen molar-refractivity contribution in [3.8, 4) is 11.5 Å². The van der Waals surface area contributed by atoms with Crippen molar-refractivity contribution in [1.29, 1.82) is 0 Å². The minimum Gasteiger partial charge on any atom is -0.508 e.